The number of nitrogens with zero attached hydrogens (tertiary/aromatic N) is 1. The number of benzene rings is 2. The van der Waals surface area contributed by atoms with Crippen LogP contribution in [0, 0.1) is 18.3 Å². The van der Waals surface area contributed by atoms with Gasteiger partial charge in [0.25, 0.3) is 5.91 Å². The predicted octanol–water partition coefficient (Wildman–Crippen LogP) is 4.81. The van der Waals surface area contributed by atoms with E-state index in [0.717, 1.165) is 11.1 Å². The first-order valence-corrected chi connectivity index (χ1v) is 8.75. The third-order valence-electron chi connectivity index (χ3n) is 3.96. The average molecular weight is 397 g/mol. The van der Waals surface area contributed by atoms with Gasteiger partial charge >= 0.3 is 0 Å². The Labute approximate surface area is 167 Å². The molecule has 3 rings (SSSR count). The van der Waals surface area contributed by atoms with E-state index in [2.05, 4.69) is 5.32 Å². The zero-order chi connectivity index (χ0) is 20.1. The fraction of sp³-hybridized carbons (Fsp3) is 0.143. The number of amides is 1. The van der Waals surface area contributed by atoms with Gasteiger partial charge in [-0.05, 0) is 42.8 Å². The Bertz CT molecular complexity index is 1050. The molecule has 3 aromatic rings. The Balaban J connectivity index is 1.71. The van der Waals surface area contributed by atoms with Crippen LogP contribution >= 0.6 is 11.6 Å². The van der Waals surface area contributed by atoms with Crippen molar-refractivity contribution in [3.8, 4) is 28.9 Å². The van der Waals surface area contributed by atoms with Crippen molar-refractivity contribution < 1.29 is 18.7 Å². The highest BCUT2D eigenvalue weighted by molar-refractivity contribution is 6.31. The fourth-order valence-corrected chi connectivity index (χ4v) is 2.62. The maximum atomic E-state index is 12.2. The molecule has 142 valence electrons. The van der Waals surface area contributed by atoms with E-state index in [1.54, 1.807) is 43.5 Å². The Morgan fingerprint density at radius 1 is 1.21 bits per heavy atom. The minimum Gasteiger partial charge on any atom is -0.497 e. The summed E-state index contributed by atoms with van der Waals surface area (Å²) in [6.45, 7) is 1.61. The number of nitrogens with one attached hydrogen (secondary N) is 1. The van der Waals surface area contributed by atoms with Crippen molar-refractivity contribution >= 4 is 23.4 Å². The monoisotopic (exact) mass is 396 g/mol. The van der Waals surface area contributed by atoms with Crippen LogP contribution in [0.25, 0.3) is 11.3 Å². The molecule has 0 aliphatic carbocycles. The first-order chi connectivity index (χ1) is 13.5. The molecule has 7 heteroatoms. The van der Waals surface area contributed by atoms with Crippen LogP contribution in [0.15, 0.2) is 52.9 Å². The van der Waals surface area contributed by atoms with Gasteiger partial charge in [0.15, 0.2) is 6.61 Å². The molecule has 6 nitrogen and oxygen atoms in total. The van der Waals surface area contributed by atoms with Crippen molar-refractivity contribution in [3.05, 3.63) is 64.7 Å². The molecule has 28 heavy (non-hydrogen) atoms. The SMILES string of the molecule is COc1cccc(-c2cc(C#N)c(NC(=O)COc3ccc(Cl)c(C)c3)o2)c1. The van der Waals surface area contributed by atoms with Crippen molar-refractivity contribution in [1.82, 2.24) is 0 Å². The normalized spacial score (nSPS) is 10.2. The van der Waals surface area contributed by atoms with E-state index in [-0.39, 0.29) is 18.1 Å². The number of nitriles is 1. The molecule has 2 aromatic carbocycles. The van der Waals surface area contributed by atoms with Gasteiger partial charge in [0.05, 0.1) is 7.11 Å². The smallest absolute Gasteiger partial charge is 0.264 e. The van der Waals surface area contributed by atoms with Crippen molar-refractivity contribution in [1.29, 1.82) is 5.26 Å². The molecule has 0 bridgehead atoms. The Morgan fingerprint density at radius 2 is 2.04 bits per heavy atom. The molecule has 0 aliphatic heterocycles. The minimum absolute atomic E-state index is 0.0706. The molecule has 0 radical (unpaired) electrons. The number of anilines is 1. The van der Waals surface area contributed by atoms with Gasteiger partial charge < -0.3 is 13.9 Å². The van der Waals surface area contributed by atoms with Crippen LogP contribution in [-0.2, 0) is 4.79 Å². The number of halogens is 1. The second kappa shape index (κ2) is 8.51. The maximum absolute atomic E-state index is 12.2. The highest BCUT2D eigenvalue weighted by atomic mass is 35.5. The number of aryl methyl sites for hydroxylation is 1. The topological polar surface area (TPSA) is 84.5 Å². The molecular formula is C21H17ClN2O4. The van der Waals surface area contributed by atoms with E-state index >= 15 is 0 Å². The van der Waals surface area contributed by atoms with Crippen molar-refractivity contribution in [2.75, 3.05) is 19.0 Å². The molecule has 1 N–H and O–H groups in total. The fourth-order valence-electron chi connectivity index (χ4n) is 2.50. The summed E-state index contributed by atoms with van der Waals surface area (Å²) in [6.07, 6.45) is 0. The largest absolute Gasteiger partial charge is 0.497 e. The summed E-state index contributed by atoms with van der Waals surface area (Å²) in [5, 5.41) is 12.5. The molecule has 1 heterocycles. The Hall–Kier alpha value is -3.43. The number of carbonyl (C=O) groups is 1. The number of hydrogen-bond acceptors (Lipinski definition) is 5. The predicted molar refractivity (Wildman–Crippen MR) is 106 cm³/mol. The lowest BCUT2D eigenvalue weighted by Crippen LogP contribution is -2.20. The Kier molecular flexibility index (Phi) is 5.87. The van der Waals surface area contributed by atoms with Crippen LogP contribution < -0.4 is 14.8 Å². The lowest BCUT2D eigenvalue weighted by Gasteiger charge is -2.07. The van der Waals surface area contributed by atoms with Crippen molar-refractivity contribution in [2.24, 2.45) is 0 Å². The summed E-state index contributed by atoms with van der Waals surface area (Å²) in [5.41, 5.74) is 1.79. The summed E-state index contributed by atoms with van der Waals surface area (Å²) in [7, 11) is 1.57. The molecule has 1 amide bonds. The zero-order valence-corrected chi connectivity index (χ0v) is 16.0. The summed E-state index contributed by atoms with van der Waals surface area (Å²) in [5.74, 6) is 1.25. The van der Waals surface area contributed by atoms with E-state index in [1.165, 1.54) is 0 Å². The molecule has 0 fully saturated rings. The third-order valence-corrected chi connectivity index (χ3v) is 4.38. The van der Waals surface area contributed by atoms with Crippen molar-refractivity contribution in [2.45, 2.75) is 6.92 Å². The molecule has 0 atom stereocenters. The highest BCUT2D eigenvalue weighted by Crippen LogP contribution is 2.30. The number of carbonyl (C=O) groups excluding carboxylic acids is 1. The van der Waals surface area contributed by atoms with Gasteiger partial charge in [0.1, 0.15) is 28.9 Å². The minimum atomic E-state index is -0.448. The molecular weight excluding hydrogens is 380 g/mol. The van der Waals surface area contributed by atoms with Gasteiger partial charge in [-0.3, -0.25) is 10.1 Å². The third kappa shape index (κ3) is 4.45. The summed E-state index contributed by atoms with van der Waals surface area (Å²) in [6, 6.07) is 15.9. The molecule has 0 saturated heterocycles. The Morgan fingerprint density at radius 3 is 2.75 bits per heavy atom. The second-order valence-electron chi connectivity index (χ2n) is 5.95. The van der Waals surface area contributed by atoms with Crippen LogP contribution in [0.1, 0.15) is 11.1 Å². The first kappa shape index (κ1) is 19.3. The standard InChI is InChI=1S/C21H17ClN2O4/c1-13-8-17(6-7-18(13)22)27-12-20(25)24-21-15(11-23)10-19(28-21)14-4-3-5-16(9-14)26-2/h3-10H,12H2,1-2H3,(H,24,25). The van der Waals surface area contributed by atoms with E-state index in [0.29, 0.717) is 22.3 Å². The number of hydrogen-bond donors (Lipinski definition) is 1. The van der Waals surface area contributed by atoms with Gasteiger partial charge in [-0.1, -0.05) is 23.7 Å². The molecule has 0 spiro atoms. The molecule has 1 aromatic heterocycles. The van der Waals surface area contributed by atoms with Crippen LogP contribution in [-0.4, -0.2) is 19.6 Å². The number of ether oxygens (including phenoxy) is 2. The number of methoxy groups -OCH3 is 1. The van der Waals surface area contributed by atoms with Gasteiger partial charge in [-0.25, -0.2) is 0 Å². The van der Waals surface area contributed by atoms with Gasteiger partial charge in [-0.2, -0.15) is 5.26 Å². The molecule has 0 aliphatic rings. The van der Waals surface area contributed by atoms with Crippen LogP contribution in [0.5, 0.6) is 11.5 Å². The molecule has 0 unspecified atom stereocenters. The van der Waals surface area contributed by atoms with Gasteiger partial charge in [0, 0.05) is 16.7 Å². The molecule has 0 saturated carbocycles. The maximum Gasteiger partial charge on any atom is 0.264 e. The summed E-state index contributed by atoms with van der Waals surface area (Å²) >= 11 is 5.97. The number of rotatable bonds is 6. The highest BCUT2D eigenvalue weighted by Gasteiger charge is 2.16. The van der Waals surface area contributed by atoms with Crippen LogP contribution in [0.3, 0.4) is 0 Å². The summed E-state index contributed by atoms with van der Waals surface area (Å²) < 4.78 is 16.3. The van der Waals surface area contributed by atoms with E-state index in [9.17, 15) is 10.1 Å². The average Bonchev–Trinajstić information content (AvgIpc) is 3.11. The van der Waals surface area contributed by atoms with E-state index < -0.39 is 5.91 Å². The van der Waals surface area contributed by atoms with Gasteiger partial charge in [-0.15, -0.1) is 0 Å². The second-order valence-corrected chi connectivity index (χ2v) is 6.35. The van der Waals surface area contributed by atoms with Crippen LogP contribution in [0.2, 0.25) is 5.02 Å². The van der Waals surface area contributed by atoms with Crippen LogP contribution in [0.4, 0.5) is 5.88 Å². The van der Waals surface area contributed by atoms with Gasteiger partial charge in [0.2, 0.25) is 5.88 Å². The lowest BCUT2D eigenvalue weighted by molar-refractivity contribution is -0.118. The van der Waals surface area contributed by atoms with E-state index in [1.807, 2.05) is 25.1 Å². The lowest BCUT2D eigenvalue weighted by atomic mass is 10.1. The van der Waals surface area contributed by atoms with Crippen molar-refractivity contribution in [3.63, 3.8) is 0 Å². The number of furan rings is 1. The first-order valence-electron chi connectivity index (χ1n) is 8.37. The zero-order valence-electron chi connectivity index (χ0n) is 15.3. The quantitative estimate of drug-likeness (QED) is 0.646. The summed E-state index contributed by atoms with van der Waals surface area (Å²) in [4.78, 5) is 12.2. The van der Waals surface area contributed by atoms with E-state index in [4.69, 9.17) is 25.5 Å².